The van der Waals surface area contributed by atoms with Crippen molar-refractivity contribution >= 4 is 39.0 Å². The summed E-state index contributed by atoms with van der Waals surface area (Å²) >= 11 is 0. The van der Waals surface area contributed by atoms with Gasteiger partial charge in [0.25, 0.3) is 0 Å². The van der Waals surface area contributed by atoms with Gasteiger partial charge in [-0.25, -0.2) is 4.39 Å². The molecule has 3 aliphatic rings. The first kappa shape index (κ1) is 33.1. The van der Waals surface area contributed by atoms with E-state index in [-0.39, 0.29) is 23.0 Å². The third kappa shape index (κ3) is 6.40. The van der Waals surface area contributed by atoms with Crippen LogP contribution in [0.4, 0.5) is 10.2 Å². The minimum absolute atomic E-state index is 0.0505. The zero-order valence-electron chi connectivity index (χ0n) is 28.8. The summed E-state index contributed by atoms with van der Waals surface area (Å²) in [4.78, 5) is 19.7. The summed E-state index contributed by atoms with van der Waals surface area (Å²) in [5.41, 5.74) is 6.27. The van der Waals surface area contributed by atoms with Gasteiger partial charge in [0, 0.05) is 42.2 Å². The van der Waals surface area contributed by atoms with Crippen molar-refractivity contribution in [2.24, 2.45) is 10.4 Å². The van der Waals surface area contributed by atoms with E-state index in [0.29, 0.717) is 31.1 Å². The molecule has 0 bridgehead atoms. The number of piperidine rings is 1. The van der Waals surface area contributed by atoms with Crippen LogP contribution in [-0.4, -0.2) is 83.3 Å². The first-order chi connectivity index (χ1) is 22.4. The van der Waals surface area contributed by atoms with E-state index in [1.807, 2.05) is 40.7 Å². The molecule has 6 rings (SSSR count). The maximum atomic E-state index is 15.4. The summed E-state index contributed by atoms with van der Waals surface area (Å²) < 4.78 is 21.8. The number of aryl methyl sites for hydroxylation is 1. The fourth-order valence-corrected chi connectivity index (χ4v) is 7.40. The van der Waals surface area contributed by atoms with E-state index in [1.165, 1.54) is 6.07 Å². The molecule has 1 saturated heterocycles. The summed E-state index contributed by atoms with van der Waals surface area (Å²) in [7, 11) is 4.17. The van der Waals surface area contributed by atoms with Crippen LogP contribution in [0.1, 0.15) is 82.7 Å². The van der Waals surface area contributed by atoms with Crippen LogP contribution in [0.25, 0.3) is 27.5 Å². The number of phenolic OH excluding ortho intramolecular Hbond substituents is 1. The predicted molar refractivity (Wildman–Crippen MR) is 189 cm³/mol. The molecule has 2 N–H and O–H groups in total. The number of rotatable bonds is 9. The lowest BCUT2D eigenvalue weighted by molar-refractivity contribution is 0.153. The summed E-state index contributed by atoms with van der Waals surface area (Å²) in [6.07, 6.45) is 5.88. The zero-order valence-corrected chi connectivity index (χ0v) is 28.8. The van der Waals surface area contributed by atoms with Crippen molar-refractivity contribution in [1.82, 2.24) is 14.9 Å². The third-order valence-electron chi connectivity index (χ3n) is 9.62. The number of anilines is 1. The molecule has 47 heavy (non-hydrogen) atoms. The number of β-amino-alcohol motifs (C(OH)–C–C–N with tert-alkyl or cyclic N) is 1. The number of ether oxygens (including phenoxy) is 1. The highest BCUT2D eigenvalue weighted by Crippen LogP contribution is 2.49. The monoisotopic (exact) mass is 641 g/mol. The third-order valence-corrected chi connectivity index (χ3v) is 9.62. The molecule has 3 aromatic rings. The molecule has 1 aliphatic heterocycles. The van der Waals surface area contributed by atoms with Crippen LogP contribution < -0.4 is 9.64 Å². The van der Waals surface area contributed by atoms with Gasteiger partial charge in [-0.2, -0.15) is 9.97 Å². The lowest BCUT2D eigenvalue weighted by Gasteiger charge is -2.35. The van der Waals surface area contributed by atoms with Gasteiger partial charge < -0.3 is 24.7 Å². The van der Waals surface area contributed by atoms with Crippen LogP contribution >= 0.6 is 0 Å². The highest BCUT2D eigenvalue weighted by Gasteiger charge is 2.44. The number of hydrogen-bond donors (Lipinski definition) is 2. The molecule has 250 valence electrons. The van der Waals surface area contributed by atoms with Gasteiger partial charge in [0.05, 0.1) is 29.7 Å². The van der Waals surface area contributed by atoms with E-state index < -0.39 is 6.10 Å². The minimum atomic E-state index is -0.455. The summed E-state index contributed by atoms with van der Waals surface area (Å²) in [5.74, 6) is 0.555. The number of phenols is 1. The van der Waals surface area contributed by atoms with Crippen molar-refractivity contribution in [3.8, 4) is 11.8 Å². The number of aliphatic hydroxyl groups is 1. The summed E-state index contributed by atoms with van der Waals surface area (Å²) in [6.45, 7) is 12.7. The molecule has 1 aromatic heterocycles. The van der Waals surface area contributed by atoms with Gasteiger partial charge in [-0.3, -0.25) is 4.99 Å². The maximum Gasteiger partial charge on any atom is 0.318 e. The van der Waals surface area contributed by atoms with E-state index in [9.17, 15) is 10.2 Å². The molecule has 1 atom stereocenters. The lowest BCUT2D eigenvalue weighted by Crippen LogP contribution is -2.40. The Hall–Kier alpha value is -3.82. The fourth-order valence-electron chi connectivity index (χ4n) is 7.40. The molecule has 2 fully saturated rings. The average Bonchev–Trinajstić information content (AvgIpc) is 3.78. The number of benzene rings is 2. The van der Waals surface area contributed by atoms with Gasteiger partial charge in [-0.1, -0.05) is 19.1 Å². The molecule has 9 heteroatoms. The molecular weight excluding hydrogens is 593 g/mol. The lowest BCUT2D eigenvalue weighted by atomic mass is 9.78. The number of aromatic nitrogens is 2. The van der Waals surface area contributed by atoms with Gasteiger partial charge in [-0.15, -0.1) is 0 Å². The Morgan fingerprint density at radius 2 is 1.98 bits per heavy atom. The largest absolute Gasteiger partial charge is 0.508 e. The second-order valence-corrected chi connectivity index (χ2v) is 14.1. The zero-order chi connectivity index (χ0) is 33.6. The van der Waals surface area contributed by atoms with Crippen molar-refractivity contribution < 1.29 is 19.3 Å². The second-order valence-electron chi connectivity index (χ2n) is 14.1. The van der Waals surface area contributed by atoms with E-state index in [1.54, 1.807) is 18.2 Å². The smallest absolute Gasteiger partial charge is 0.318 e. The van der Waals surface area contributed by atoms with Gasteiger partial charge in [0.1, 0.15) is 17.4 Å². The van der Waals surface area contributed by atoms with E-state index in [0.717, 1.165) is 94.6 Å². The van der Waals surface area contributed by atoms with E-state index >= 15 is 4.39 Å². The summed E-state index contributed by atoms with van der Waals surface area (Å²) in [5, 5.41) is 23.3. The number of allylic oxidation sites excluding steroid dienone is 4. The number of aromatic hydroxyl groups is 1. The molecule has 1 saturated carbocycles. The van der Waals surface area contributed by atoms with Crippen LogP contribution in [0.15, 0.2) is 35.3 Å². The molecule has 0 spiro atoms. The Morgan fingerprint density at radius 3 is 2.62 bits per heavy atom. The Labute approximate surface area is 277 Å². The predicted octanol–water partition coefficient (Wildman–Crippen LogP) is 6.92. The van der Waals surface area contributed by atoms with Gasteiger partial charge in [-0.05, 0) is 120 Å². The first-order valence-corrected chi connectivity index (χ1v) is 17.0. The van der Waals surface area contributed by atoms with E-state index in [4.69, 9.17) is 19.7 Å². The Kier molecular flexibility index (Phi) is 9.15. The molecule has 0 radical (unpaired) electrons. The van der Waals surface area contributed by atoms with Crippen LogP contribution in [0, 0.1) is 11.2 Å². The Morgan fingerprint density at radius 1 is 1.21 bits per heavy atom. The van der Waals surface area contributed by atoms with Crippen molar-refractivity contribution in [1.29, 1.82) is 0 Å². The number of aliphatic hydroxyl groups excluding tert-OH is 1. The SMILES string of the molecule is C/C=C1\C(=NC(C)C)C(c2cc(O)cc3ccc(F)c(CC)c23)=C(C)c2nc(OCC3(CN(C)C)CC3)nc(N3CCCC(O)C3)c21. The second kappa shape index (κ2) is 13.0. The van der Waals surface area contributed by atoms with Crippen molar-refractivity contribution in [2.45, 2.75) is 78.9 Å². The van der Waals surface area contributed by atoms with E-state index in [2.05, 4.69) is 23.9 Å². The average molecular weight is 642 g/mol. The van der Waals surface area contributed by atoms with Crippen LogP contribution in [0.5, 0.6) is 11.8 Å². The molecular formula is C38H48FN5O3. The first-order valence-electron chi connectivity index (χ1n) is 17.0. The van der Waals surface area contributed by atoms with Crippen LogP contribution in [-0.2, 0) is 6.42 Å². The topological polar surface area (TPSA) is 94.3 Å². The van der Waals surface area contributed by atoms with Crippen molar-refractivity contribution in [3.63, 3.8) is 0 Å². The molecule has 2 aliphatic carbocycles. The van der Waals surface area contributed by atoms with Gasteiger partial charge in [0.15, 0.2) is 0 Å². The Balaban J connectivity index is 1.63. The van der Waals surface area contributed by atoms with Gasteiger partial charge in [0.2, 0.25) is 0 Å². The number of aliphatic imine (C=N–C) groups is 1. The fraction of sp³-hybridized carbons (Fsp3) is 0.500. The number of hydrogen-bond acceptors (Lipinski definition) is 8. The van der Waals surface area contributed by atoms with Gasteiger partial charge >= 0.3 is 6.01 Å². The molecule has 1 unspecified atom stereocenters. The highest BCUT2D eigenvalue weighted by molar-refractivity contribution is 6.51. The van der Waals surface area contributed by atoms with Crippen molar-refractivity contribution in [3.05, 3.63) is 58.5 Å². The van der Waals surface area contributed by atoms with Crippen LogP contribution in [0.3, 0.4) is 0 Å². The normalized spacial score (nSPS) is 21.0. The number of nitrogens with zero attached hydrogens (tertiary/aromatic N) is 5. The highest BCUT2D eigenvalue weighted by atomic mass is 19.1. The molecule has 2 heterocycles. The standard InChI is InChI=1S/C38H48FN5O3/c1-8-27-30(39)13-12-24-17-26(46)18-29(32(24)27)31-23(5)34-33(28(9-2)35(31)40-22(3)4)36(44-16-10-11-25(45)19-44)42-37(41-34)47-21-38(14-15-38)20-43(6)7/h9,12-13,17-18,22,25,45-46H,8,10-11,14-16,19-21H2,1-7H3/b28-9-,40-35?. The maximum absolute atomic E-state index is 15.4. The quantitative estimate of drug-likeness (QED) is 0.262. The van der Waals surface area contributed by atoms with Crippen LogP contribution in [0.2, 0.25) is 0 Å². The van der Waals surface area contributed by atoms with Crippen molar-refractivity contribution in [2.75, 3.05) is 45.2 Å². The Bertz CT molecular complexity index is 1790. The number of halogens is 1. The molecule has 8 nitrogen and oxygen atoms in total. The molecule has 2 aromatic carbocycles. The molecule has 0 amide bonds. The summed E-state index contributed by atoms with van der Waals surface area (Å²) in [6, 6.07) is 6.88. The minimum Gasteiger partial charge on any atom is -0.508 e. The number of fused-ring (bicyclic) bond motifs is 2.